The highest BCUT2D eigenvalue weighted by molar-refractivity contribution is 6.31. The molecule has 2 heterocycles. The van der Waals surface area contributed by atoms with E-state index in [2.05, 4.69) is 20.8 Å². The summed E-state index contributed by atoms with van der Waals surface area (Å²) in [4.78, 5) is 16.6. The second-order valence-electron chi connectivity index (χ2n) is 8.15. The number of ether oxygens (including phenoxy) is 1. The first kappa shape index (κ1) is 24.4. The minimum Gasteiger partial charge on any atom is -0.441 e. The van der Waals surface area contributed by atoms with Crippen molar-refractivity contribution in [1.29, 1.82) is 0 Å². The summed E-state index contributed by atoms with van der Waals surface area (Å²) in [5, 5.41) is 10.8. The molecule has 2 N–H and O–H groups in total. The zero-order valence-electron chi connectivity index (χ0n) is 19.6. The molecule has 7 nitrogen and oxygen atoms in total. The van der Waals surface area contributed by atoms with Gasteiger partial charge in [-0.25, -0.2) is 4.79 Å². The maximum Gasteiger partial charge on any atom is 0.412 e. The van der Waals surface area contributed by atoms with Gasteiger partial charge in [-0.15, -0.1) is 0 Å². The van der Waals surface area contributed by atoms with Gasteiger partial charge in [-0.2, -0.15) is 0 Å². The SMILES string of the molecule is Cc1noc(-c2ccc(CNCCc3ccncc3)cc2)c1NC(=O)OC(C)c1ccccc1Cl. The van der Waals surface area contributed by atoms with Gasteiger partial charge in [-0.05, 0) is 56.1 Å². The van der Waals surface area contributed by atoms with E-state index >= 15 is 0 Å². The molecule has 0 saturated carbocycles. The normalized spacial score (nSPS) is 11.7. The summed E-state index contributed by atoms with van der Waals surface area (Å²) in [6.45, 7) is 5.15. The molecule has 1 unspecified atom stereocenters. The van der Waals surface area contributed by atoms with Gasteiger partial charge in [0.15, 0.2) is 5.76 Å². The lowest BCUT2D eigenvalue weighted by Gasteiger charge is -2.15. The molecule has 0 radical (unpaired) electrons. The molecule has 0 aliphatic rings. The van der Waals surface area contributed by atoms with Crippen LogP contribution in [0, 0.1) is 6.92 Å². The van der Waals surface area contributed by atoms with Crippen molar-refractivity contribution in [3.8, 4) is 11.3 Å². The summed E-state index contributed by atoms with van der Waals surface area (Å²) in [6.07, 6.45) is 3.43. The lowest BCUT2D eigenvalue weighted by molar-refractivity contribution is 0.121. The number of hydrogen-bond acceptors (Lipinski definition) is 6. The molecule has 2 aromatic heterocycles. The van der Waals surface area contributed by atoms with E-state index in [4.69, 9.17) is 20.9 Å². The third-order valence-corrected chi connectivity index (χ3v) is 5.95. The van der Waals surface area contributed by atoms with Crippen molar-refractivity contribution in [3.63, 3.8) is 0 Å². The monoisotopic (exact) mass is 490 g/mol. The largest absolute Gasteiger partial charge is 0.441 e. The van der Waals surface area contributed by atoms with Crippen LogP contribution in [0.25, 0.3) is 11.3 Å². The van der Waals surface area contributed by atoms with Gasteiger partial charge in [0.1, 0.15) is 17.5 Å². The molecule has 35 heavy (non-hydrogen) atoms. The second-order valence-corrected chi connectivity index (χ2v) is 8.55. The predicted molar refractivity (Wildman–Crippen MR) is 136 cm³/mol. The van der Waals surface area contributed by atoms with Crippen LogP contribution < -0.4 is 10.6 Å². The zero-order valence-corrected chi connectivity index (χ0v) is 20.4. The quantitative estimate of drug-likeness (QED) is 0.266. The molecule has 4 aromatic rings. The summed E-state index contributed by atoms with van der Waals surface area (Å²) in [7, 11) is 0. The number of rotatable bonds is 9. The topological polar surface area (TPSA) is 89.3 Å². The van der Waals surface area contributed by atoms with Crippen molar-refractivity contribution in [3.05, 3.63) is 100 Å². The fraction of sp³-hybridized carbons (Fsp3) is 0.222. The van der Waals surface area contributed by atoms with Crippen molar-refractivity contribution in [2.45, 2.75) is 32.9 Å². The summed E-state index contributed by atoms with van der Waals surface area (Å²) >= 11 is 6.21. The molecule has 0 spiro atoms. The van der Waals surface area contributed by atoms with E-state index in [0.717, 1.165) is 36.2 Å². The molecule has 0 saturated heterocycles. The number of benzene rings is 2. The van der Waals surface area contributed by atoms with Gasteiger partial charge in [0.05, 0.1) is 0 Å². The van der Waals surface area contributed by atoms with Crippen LogP contribution in [-0.2, 0) is 17.7 Å². The maximum absolute atomic E-state index is 12.6. The van der Waals surface area contributed by atoms with Crippen LogP contribution in [0.1, 0.15) is 35.4 Å². The van der Waals surface area contributed by atoms with E-state index in [0.29, 0.717) is 22.2 Å². The minimum absolute atomic E-state index is 0.474. The van der Waals surface area contributed by atoms with Crippen molar-refractivity contribution >= 4 is 23.4 Å². The molecule has 0 aliphatic carbocycles. The lowest BCUT2D eigenvalue weighted by Crippen LogP contribution is -2.17. The number of carbonyl (C=O) groups excluding carboxylic acids is 1. The number of nitrogens with zero attached hydrogens (tertiary/aromatic N) is 2. The molecule has 4 rings (SSSR count). The first-order chi connectivity index (χ1) is 17.0. The standard InChI is InChI=1S/C27H27ClN4O3/c1-18-25(31-27(33)34-19(2)23-5-3-4-6-24(23)28)26(35-32-18)22-9-7-21(8-10-22)17-30-16-13-20-11-14-29-15-12-20/h3-12,14-15,19,30H,13,16-17H2,1-2H3,(H,31,33). The number of hydrogen-bond donors (Lipinski definition) is 2. The van der Waals surface area contributed by atoms with Crippen LogP contribution in [0.2, 0.25) is 5.02 Å². The Bertz CT molecular complexity index is 1260. The van der Waals surface area contributed by atoms with E-state index in [1.54, 1.807) is 19.9 Å². The molecule has 8 heteroatoms. The number of nitrogens with one attached hydrogen (secondary N) is 2. The van der Waals surface area contributed by atoms with Gasteiger partial charge in [-0.3, -0.25) is 10.3 Å². The van der Waals surface area contributed by atoms with Crippen molar-refractivity contribution in [1.82, 2.24) is 15.5 Å². The summed E-state index contributed by atoms with van der Waals surface area (Å²) in [5.74, 6) is 0.474. The minimum atomic E-state index is -0.611. The fourth-order valence-electron chi connectivity index (χ4n) is 3.66. The van der Waals surface area contributed by atoms with Crippen molar-refractivity contribution in [2.75, 3.05) is 11.9 Å². The number of pyridine rings is 1. The Morgan fingerprint density at radius 2 is 1.80 bits per heavy atom. The van der Waals surface area contributed by atoms with E-state index in [1.807, 2.05) is 67.0 Å². The predicted octanol–water partition coefficient (Wildman–Crippen LogP) is 6.34. The summed E-state index contributed by atoms with van der Waals surface area (Å²) in [6, 6.07) is 19.2. The average molecular weight is 491 g/mol. The van der Waals surface area contributed by atoms with E-state index in [-0.39, 0.29) is 0 Å². The van der Waals surface area contributed by atoms with Crippen molar-refractivity contribution < 1.29 is 14.1 Å². The van der Waals surface area contributed by atoms with Crippen LogP contribution in [0.15, 0.2) is 77.6 Å². The third-order valence-electron chi connectivity index (χ3n) is 5.60. The van der Waals surface area contributed by atoms with Crippen LogP contribution in [-0.4, -0.2) is 22.8 Å². The average Bonchev–Trinajstić information content (AvgIpc) is 3.22. The van der Waals surface area contributed by atoms with E-state index in [9.17, 15) is 4.79 Å². The van der Waals surface area contributed by atoms with Gasteiger partial charge >= 0.3 is 6.09 Å². The molecule has 2 aromatic carbocycles. The Hall–Kier alpha value is -3.68. The number of amides is 1. The highest BCUT2D eigenvalue weighted by Gasteiger charge is 2.20. The molecule has 0 bridgehead atoms. The molecule has 1 atom stereocenters. The Morgan fingerprint density at radius 1 is 1.06 bits per heavy atom. The highest BCUT2D eigenvalue weighted by Crippen LogP contribution is 2.32. The molecule has 1 amide bonds. The molecular weight excluding hydrogens is 464 g/mol. The third kappa shape index (κ3) is 6.47. The molecule has 0 aliphatic heterocycles. The second kappa shape index (κ2) is 11.6. The summed E-state index contributed by atoms with van der Waals surface area (Å²) in [5.41, 5.74) is 4.97. The smallest absolute Gasteiger partial charge is 0.412 e. The van der Waals surface area contributed by atoms with E-state index < -0.39 is 12.2 Å². The fourth-order valence-corrected chi connectivity index (χ4v) is 3.95. The highest BCUT2D eigenvalue weighted by atomic mass is 35.5. The first-order valence-electron chi connectivity index (χ1n) is 11.4. The molecule has 180 valence electrons. The zero-order chi connectivity index (χ0) is 24.6. The maximum atomic E-state index is 12.6. The molecular formula is C27H27ClN4O3. The lowest BCUT2D eigenvalue weighted by atomic mass is 10.1. The van der Waals surface area contributed by atoms with Crippen LogP contribution in [0.4, 0.5) is 10.5 Å². The Labute approximate surface area is 209 Å². The van der Waals surface area contributed by atoms with Gasteiger partial charge in [0.25, 0.3) is 0 Å². The molecule has 0 fully saturated rings. The Balaban J connectivity index is 1.35. The van der Waals surface area contributed by atoms with Gasteiger partial charge in [0, 0.05) is 35.1 Å². The number of carbonyl (C=O) groups is 1. The van der Waals surface area contributed by atoms with Gasteiger partial charge in [0.2, 0.25) is 0 Å². The van der Waals surface area contributed by atoms with E-state index in [1.165, 1.54) is 5.56 Å². The Morgan fingerprint density at radius 3 is 2.54 bits per heavy atom. The Kier molecular flexibility index (Phi) is 8.13. The van der Waals surface area contributed by atoms with Crippen LogP contribution in [0.3, 0.4) is 0 Å². The van der Waals surface area contributed by atoms with Crippen LogP contribution >= 0.6 is 11.6 Å². The van der Waals surface area contributed by atoms with Gasteiger partial charge in [-0.1, -0.05) is 59.2 Å². The number of anilines is 1. The van der Waals surface area contributed by atoms with Crippen LogP contribution in [0.5, 0.6) is 0 Å². The van der Waals surface area contributed by atoms with Crippen molar-refractivity contribution in [2.24, 2.45) is 0 Å². The summed E-state index contributed by atoms with van der Waals surface area (Å²) < 4.78 is 11.0. The van der Waals surface area contributed by atoms with Gasteiger partial charge < -0.3 is 14.6 Å². The first-order valence-corrected chi connectivity index (χ1v) is 11.8. The number of halogens is 1. The number of aromatic nitrogens is 2. The number of aryl methyl sites for hydroxylation is 1.